The second kappa shape index (κ2) is 9.11. The molecule has 0 atom stereocenters. The van der Waals surface area contributed by atoms with Gasteiger partial charge < -0.3 is 5.32 Å². The van der Waals surface area contributed by atoms with Gasteiger partial charge in [-0.25, -0.2) is 0 Å². The Kier molecular flexibility index (Phi) is 6.87. The highest BCUT2D eigenvalue weighted by Crippen LogP contribution is 2.29. The minimum Gasteiger partial charge on any atom is -0.321 e. The number of nitrogens with one attached hydrogen (secondary N) is 1. The van der Waals surface area contributed by atoms with Crippen molar-refractivity contribution in [1.82, 2.24) is 0 Å². The molecule has 1 N–H and O–H groups in total. The number of hydrogen-bond acceptors (Lipinski definition) is 3. The lowest BCUT2D eigenvalue weighted by molar-refractivity contribution is -0.137. The van der Waals surface area contributed by atoms with Gasteiger partial charge in [0, 0.05) is 23.1 Å². The number of thioether (sulfide) groups is 1. The van der Waals surface area contributed by atoms with Gasteiger partial charge in [0.05, 0.1) is 17.3 Å². The SMILES string of the molecule is N#CCCSc1ccccc1NC(=O)C=Cc1ccc(C(F)(F)F)cc1. The Bertz CT molecular complexity index is 824. The van der Waals surface area contributed by atoms with Crippen molar-refractivity contribution < 1.29 is 18.0 Å². The van der Waals surface area contributed by atoms with Crippen LogP contribution in [0.25, 0.3) is 6.08 Å². The zero-order valence-electron chi connectivity index (χ0n) is 13.6. The lowest BCUT2D eigenvalue weighted by Gasteiger charge is -2.08. The lowest BCUT2D eigenvalue weighted by atomic mass is 10.1. The maximum absolute atomic E-state index is 12.5. The molecule has 134 valence electrons. The van der Waals surface area contributed by atoms with E-state index in [1.54, 1.807) is 12.1 Å². The Morgan fingerprint density at radius 1 is 1.15 bits per heavy atom. The van der Waals surface area contributed by atoms with Crippen molar-refractivity contribution in [2.24, 2.45) is 0 Å². The molecule has 2 aromatic carbocycles. The molecule has 0 fully saturated rings. The molecule has 0 heterocycles. The van der Waals surface area contributed by atoms with E-state index in [1.807, 2.05) is 12.1 Å². The predicted molar refractivity (Wildman–Crippen MR) is 96.5 cm³/mol. The molecule has 26 heavy (non-hydrogen) atoms. The number of rotatable bonds is 6. The Morgan fingerprint density at radius 2 is 1.85 bits per heavy atom. The van der Waals surface area contributed by atoms with E-state index in [2.05, 4.69) is 11.4 Å². The summed E-state index contributed by atoms with van der Waals surface area (Å²) in [5.74, 6) is 0.225. The van der Waals surface area contributed by atoms with Crippen LogP contribution in [0.5, 0.6) is 0 Å². The predicted octanol–water partition coefficient (Wildman–Crippen LogP) is 5.36. The second-order valence-corrected chi connectivity index (χ2v) is 6.33. The maximum Gasteiger partial charge on any atom is 0.416 e. The van der Waals surface area contributed by atoms with Crippen molar-refractivity contribution in [1.29, 1.82) is 5.26 Å². The van der Waals surface area contributed by atoms with E-state index in [4.69, 9.17) is 5.26 Å². The molecule has 2 rings (SSSR count). The van der Waals surface area contributed by atoms with Crippen LogP contribution >= 0.6 is 11.8 Å². The highest BCUT2D eigenvalue weighted by atomic mass is 32.2. The average molecular weight is 376 g/mol. The number of nitrogens with zero attached hydrogens (tertiary/aromatic N) is 1. The zero-order chi connectivity index (χ0) is 19.0. The number of nitriles is 1. The van der Waals surface area contributed by atoms with Crippen LogP contribution in [0.4, 0.5) is 18.9 Å². The monoisotopic (exact) mass is 376 g/mol. The number of amides is 1. The van der Waals surface area contributed by atoms with E-state index < -0.39 is 17.6 Å². The van der Waals surface area contributed by atoms with Gasteiger partial charge in [0.1, 0.15) is 0 Å². The van der Waals surface area contributed by atoms with E-state index in [1.165, 1.54) is 36.0 Å². The summed E-state index contributed by atoms with van der Waals surface area (Å²) in [6, 6.07) is 13.8. The smallest absolute Gasteiger partial charge is 0.321 e. The molecule has 2 aromatic rings. The molecule has 3 nitrogen and oxygen atoms in total. The molecule has 0 saturated carbocycles. The lowest BCUT2D eigenvalue weighted by Crippen LogP contribution is -2.08. The van der Waals surface area contributed by atoms with Crippen LogP contribution in [-0.4, -0.2) is 11.7 Å². The third-order valence-corrected chi connectivity index (χ3v) is 4.36. The Labute approximate surface area is 153 Å². The van der Waals surface area contributed by atoms with Gasteiger partial charge in [-0.15, -0.1) is 11.8 Å². The molecule has 0 radical (unpaired) electrons. The number of halogens is 3. The molecule has 0 aliphatic heterocycles. The fourth-order valence-electron chi connectivity index (χ4n) is 2.03. The summed E-state index contributed by atoms with van der Waals surface area (Å²) < 4.78 is 37.6. The van der Waals surface area contributed by atoms with Gasteiger partial charge in [0.25, 0.3) is 0 Å². The Balaban J connectivity index is 2.00. The molecule has 0 aromatic heterocycles. The summed E-state index contributed by atoms with van der Waals surface area (Å²) in [7, 11) is 0. The van der Waals surface area contributed by atoms with Gasteiger partial charge in [0.15, 0.2) is 0 Å². The largest absolute Gasteiger partial charge is 0.416 e. The van der Waals surface area contributed by atoms with Gasteiger partial charge in [-0.3, -0.25) is 4.79 Å². The van der Waals surface area contributed by atoms with Crippen LogP contribution in [0.1, 0.15) is 17.5 Å². The van der Waals surface area contributed by atoms with Crippen LogP contribution in [0.3, 0.4) is 0 Å². The molecular formula is C19H15F3N2OS. The second-order valence-electron chi connectivity index (χ2n) is 5.20. The van der Waals surface area contributed by atoms with Crippen LogP contribution in [0.15, 0.2) is 59.5 Å². The molecular weight excluding hydrogens is 361 g/mol. The standard InChI is InChI=1S/C19H15F3N2OS/c20-19(21,22)15-9-6-14(7-10-15)8-11-18(25)24-16-4-1-2-5-17(16)26-13-3-12-23/h1-2,4-11H,3,13H2,(H,24,25). The van der Waals surface area contributed by atoms with E-state index in [-0.39, 0.29) is 0 Å². The van der Waals surface area contributed by atoms with Crippen molar-refractivity contribution >= 4 is 29.4 Å². The highest BCUT2D eigenvalue weighted by Gasteiger charge is 2.29. The molecule has 1 amide bonds. The minimum absolute atomic E-state index is 0.391. The molecule has 7 heteroatoms. The van der Waals surface area contributed by atoms with Gasteiger partial charge in [-0.2, -0.15) is 18.4 Å². The zero-order valence-corrected chi connectivity index (χ0v) is 14.4. The fraction of sp³-hybridized carbons (Fsp3) is 0.158. The van der Waals surface area contributed by atoms with E-state index >= 15 is 0 Å². The molecule has 0 spiro atoms. The summed E-state index contributed by atoms with van der Waals surface area (Å²) in [4.78, 5) is 12.9. The number of para-hydroxylation sites is 1. The van der Waals surface area contributed by atoms with Crippen molar-refractivity contribution in [3.63, 3.8) is 0 Å². The van der Waals surface area contributed by atoms with E-state index in [0.717, 1.165) is 17.0 Å². The first-order valence-corrected chi connectivity index (χ1v) is 8.64. The van der Waals surface area contributed by atoms with Gasteiger partial charge in [-0.1, -0.05) is 24.3 Å². The highest BCUT2D eigenvalue weighted by molar-refractivity contribution is 7.99. The van der Waals surface area contributed by atoms with Crippen molar-refractivity contribution in [3.05, 3.63) is 65.7 Å². The van der Waals surface area contributed by atoms with Crippen molar-refractivity contribution in [3.8, 4) is 6.07 Å². The maximum atomic E-state index is 12.5. The number of carbonyl (C=O) groups is 1. The summed E-state index contributed by atoms with van der Waals surface area (Å²) in [5.41, 5.74) is 0.379. The third kappa shape index (κ3) is 5.97. The Hall–Kier alpha value is -2.72. The molecule has 0 unspecified atom stereocenters. The van der Waals surface area contributed by atoms with E-state index in [9.17, 15) is 18.0 Å². The van der Waals surface area contributed by atoms with E-state index in [0.29, 0.717) is 23.4 Å². The quantitative estimate of drug-likeness (QED) is 0.419. The number of anilines is 1. The van der Waals surface area contributed by atoms with Crippen LogP contribution < -0.4 is 5.32 Å². The number of benzene rings is 2. The minimum atomic E-state index is -4.38. The van der Waals surface area contributed by atoms with Crippen LogP contribution in [-0.2, 0) is 11.0 Å². The first-order valence-electron chi connectivity index (χ1n) is 7.65. The van der Waals surface area contributed by atoms with Crippen LogP contribution in [0, 0.1) is 11.3 Å². The molecule has 0 bridgehead atoms. The fourth-order valence-corrected chi connectivity index (χ4v) is 2.89. The average Bonchev–Trinajstić information content (AvgIpc) is 2.61. The van der Waals surface area contributed by atoms with Gasteiger partial charge in [0.2, 0.25) is 5.91 Å². The van der Waals surface area contributed by atoms with Gasteiger partial charge >= 0.3 is 6.18 Å². The summed E-state index contributed by atoms with van der Waals surface area (Å²) in [5, 5.41) is 11.3. The van der Waals surface area contributed by atoms with Crippen molar-refractivity contribution in [2.75, 3.05) is 11.1 Å². The first-order chi connectivity index (χ1) is 12.4. The Morgan fingerprint density at radius 3 is 2.50 bits per heavy atom. The first kappa shape index (κ1) is 19.6. The topological polar surface area (TPSA) is 52.9 Å². The molecule has 0 aliphatic rings. The number of hydrogen-bond donors (Lipinski definition) is 1. The number of alkyl halides is 3. The van der Waals surface area contributed by atoms with Gasteiger partial charge in [-0.05, 0) is 35.9 Å². The summed E-state index contributed by atoms with van der Waals surface area (Å²) >= 11 is 1.46. The number of carbonyl (C=O) groups excluding carboxylic acids is 1. The van der Waals surface area contributed by atoms with Crippen molar-refractivity contribution in [2.45, 2.75) is 17.5 Å². The summed E-state index contributed by atoms with van der Waals surface area (Å²) in [6.45, 7) is 0. The van der Waals surface area contributed by atoms with Crippen LogP contribution in [0.2, 0.25) is 0 Å². The molecule has 0 aliphatic carbocycles. The normalized spacial score (nSPS) is 11.3. The molecule has 0 saturated heterocycles. The third-order valence-electron chi connectivity index (χ3n) is 3.28. The summed E-state index contributed by atoms with van der Waals surface area (Å²) in [6.07, 6.45) is -1.27.